The van der Waals surface area contributed by atoms with Crippen LogP contribution in [0.15, 0.2) is 57.9 Å². The van der Waals surface area contributed by atoms with Gasteiger partial charge in [-0.15, -0.1) is 0 Å². The van der Waals surface area contributed by atoms with Gasteiger partial charge in [0.15, 0.2) is 0 Å². The molecular weight excluding hydrogens is 388 g/mol. The second-order valence-electron chi connectivity index (χ2n) is 6.08. The molecule has 1 heterocycles. The van der Waals surface area contributed by atoms with Crippen LogP contribution in [0.5, 0.6) is 0 Å². The molecule has 2 aromatic carbocycles. The molecule has 1 aliphatic rings. The van der Waals surface area contributed by atoms with E-state index in [0.29, 0.717) is 18.0 Å². The molecule has 0 amide bonds. The Kier molecular flexibility index (Phi) is 5.39. The van der Waals surface area contributed by atoms with Gasteiger partial charge >= 0.3 is 0 Å². The average Bonchev–Trinajstić information content (AvgIpc) is 2.58. The Morgan fingerprint density at radius 2 is 1.67 bits per heavy atom. The lowest BCUT2D eigenvalue weighted by Gasteiger charge is -2.34. The van der Waals surface area contributed by atoms with Crippen molar-refractivity contribution >= 4 is 26.0 Å². The number of sulfonamides is 1. The zero-order chi connectivity index (χ0) is 17.2. The van der Waals surface area contributed by atoms with Gasteiger partial charge in [0.05, 0.1) is 4.90 Å². The zero-order valence-electron chi connectivity index (χ0n) is 13.7. The Hall–Kier alpha value is -1.21. The Morgan fingerprint density at radius 1 is 1.00 bits per heavy atom. The summed E-state index contributed by atoms with van der Waals surface area (Å²) in [6.45, 7) is 5.26. The first-order chi connectivity index (χ1) is 11.5. The van der Waals surface area contributed by atoms with Crippen molar-refractivity contribution in [1.82, 2.24) is 9.21 Å². The topological polar surface area (TPSA) is 40.6 Å². The van der Waals surface area contributed by atoms with Gasteiger partial charge in [-0.3, -0.25) is 4.90 Å². The molecule has 0 atom stereocenters. The molecule has 1 aliphatic heterocycles. The monoisotopic (exact) mass is 408 g/mol. The molecule has 6 heteroatoms. The fourth-order valence-electron chi connectivity index (χ4n) is 2.96. The van der Waals surface area contributed by atoms with E-state index >= 15 is 0 Å². The number of rotatable bonds is 4. The Balaban J connectivity index is 1.68. The summed E-state index contributed by atoms with van der Waals surface area (Å²) in [6.07, 6.45) is 0. The maximum Gasteiger partial charge on any atom is 0.243 e. The smallest absolute Gasteiger partial charge is 0.243 e. The van der Waals surface area contributed by atoms with Gasteiger partial charge in [0.25, 0.3) is 0 Å². The molecule has 0 N–H and O–H groups in total. The maximum absolute atomic E-state index is 12.9. The van der Waals surface area contributed by atoms with Crippen LogP contribution in [-0.4, -0.2) is 43.8 Å². The molecule has 0 aromatic heterocycles. The number of hydrogen-bond acceptors (Lipinski definition) is 3. The average molecular weight is 409 g/mol. The van der Waals surface area contributed by atoms with Crippen LogP contribution in [0, 0.1) is 6.92 Å². The van der Waals surface area contributed by atoms with Crippen LogP contribution in [-0.2, 0) is 16.6 Å². The van der Waals surface area contributed by atoms with E-state index in [9.17, 15) is 8.42 Å². The summed E-state index contributed by atoms with van der Waals surface area (Å²) in [5, 5.41) is 0. The largest absolute Gasteiger partial charge is 0.296 e. The first-order valence-corrected chi connectivity index (χ1v) is 10.2. The van der Waals surface area contributed by atoms with E-state index in [2.05, 4.69) is 33.0 Å². The highest BCUT2D eigenvalue weighted by Gasteiger charge is 2.29. The van der Waals surface area contributed by atoms with Crippen LogP contribution in [0.3, 0.4) is 0 Å². The normalized spacial score (nSPS) is 17.1. The van der Waals surface area contributed by atoms with Gasteiger partial charge in [-0.2, -0.15) is 4.31 Å². The van der Waals surface area contributed by atoms with Gasteiger partial charge in [0.1, 0.15) is 0 Å². The summed E-state index contributed by atoms with van der Waals surface area (Å²) in [5.74, 6) is 0. The SMILES string of the molecule is Cc1ccc(Br)cc1S(=O)(=O)N1CCN(Cc2ccccc2)CC1. The molecule has 0 unspecified atom stereocenters. The summed E-state index contributed by atoms with van der Waals surface area (Å²) in [5.41, 5.74) is 2.04. The third-order valence-corrected chi connectivity index (χ3v) is 6.88. The van der Waals surface area contributed by atoms with Crippen molar-refractivity contribution in [2.45, 2.75) is 18.4 Å². The summed E-state index contributed by atoms with van der Waals surface area (Å²) in [4.78, 5) is 2.70. The highest BCUT2D eigenvalue weighted by molar-refractivity contribution is 9.10. The van der Waals surface area contributed by atoms with E-state index in [-0.39, 0.29) is 0 Å². The Bertz CT molecular complexity index is 801. The lowest BCUT2D eigenvalue weighted by molar-refractivity contribution is 0.181. The van der Waals surface area contributed by atoms with Crippen LogP contribution in [0.4, 0.5) is 0 Å². The lowest BCUT2D eigenvalue weighted by Crippen LogP contribution is -2.48. The van der Waals surface area contributed by atoms with E-state index in [1.54, 1.807) is 10.4 Å². The summed E-state index contributed by atoms with van der Waals surface area (Å²) < 4.78 is 28.2. The number of halogens is 1. The quantitative estimate of drug-likeness (QED) is 0.779. The van der Waals surface area contributed by atoms with Crippen LogP contribution >= 0.6 is 15.9 Å². The fraction of sp³-hybridized carbons (Fsp3) is 0.333. The van der Waals surface area contributed by atoms with Crippen molar-refractivity contribution in [3.05, 3.63) is 64.1 Å². The number of benzene rings is 2. The van der Waals surface area contributed by atoms with Crippen molar-refractivity contribution in [1.29, 1.82) is 0 Å². The highest BCUT2D eigenvalue weighted by Crippen LogP contribution is 2.25. The van der Waals surface area contributed by atoms with Crippen LogP contribution in [0.1, 0.15) is 11.1 Å². The lowest BCUT2D eigenvalue weighted by atomic mass is 10.2. The molecule has 4 nitrogen and oxygen atoms in total. The minimum absolute atomic E-state index is 0.397. The van der Waals surface area contributed by atoms with Gasteiger partial charge in [0.2, 0.25) is 10.0 Å². The second-order valence-corrected chi connectivity index (χ2v) is 8.90. The number of aryl methyl sites for hydroxylation is 1. The van der Waals surface area contributed by atoms with Gasteiger partial charge in [-0.25, -0.2) is 8.42 Å². The fourth-order valence-corrected chi connectivity index (χ4v) is 5.15. The molecule has 0 spiro atoms. The Morgan fingerprint density at radius 3 is 2.33 bits per heavy atom. The Labute approximate surface area is 152 Å². The number of hydrogen-bond donors (Lipinski definition) is 0. The minimum Gasteiger partial charge on any atom is -0.296 e. The molecular formula is C18H21BrN2O2S. The molecule has 0 aliphatic carbocycles. The van der Waals surface area contributed by atoms with Crippen molar-refractivity contribution in [2.24, 2.45) is 0 Å². The van der Waals surface area contributed by atoms with E-state index in [0.717, 1.165) is 29.7 Å². The number of nitrogens with zero attached hydrogens (tertiary/aromatic N) is 2. The first kappa shape index (κ1) is 17.6. The van der Waals surface area contributed by atoms with Gasteiger partial charge in [-0.05, 0) is 30.2 Å². The molecule has 0 bridgehead atoms. The minimum atomic E-state index is -3.43. The molecule has 1 saturated heterocycles. The van der Waals surface area contributed by atoms with E-state index < -0.39 is 10.0 Å². The highest BCUT2D eigenvalue weighted by atomic mass is 79.9. The van der Waals surface area contributed by atoms with E-state index in [4.69, 9.17) is 0 Å². The standard InChI is InChI=1S/C18H21BrN2O2S/c1-15-7-8-17(19)13-18(15)24(22,23)21-11-9-20(10-12-21)14-16-5-3-2-4-6-16/h2-8,13H,9-12,14H2,1H3. The maximum atomic E-state index is 12.9. The van der Waals surface area contributed by atoms with Crippen LogP contribution in [0.2, 0.25) is 0 Å². The molecule has 0 radical (unpaired) electrons. The third-order valence-electron chi connectivity index (χ3n) is 4.35. The van der Waals surface area contributed by atoms with Gasteiger partial charge < -0.3 is 0 Å². The van der Waals surface area contributed by atoms with Gasteiger partial charge in [-0.1, -0.05) is 52.3 Å². The summed E-state index contributed by atoms with van der Waals surface area (Å²) in [6, 6.07) is 15.7. The second kappa shape index (κ2) is 7.35. The molecule has 1 fully saturated rings. The zero-order valence-corrected chi connectivity index (χ0v) is 16.1. The molecule has 24 heavy (non-hydrogen) atoms. The van der Waals surface area contributed by atoms with E-state index in [1.807, 2.05) is 37.3 Å². The summed E-state index contributed by atoms with van der Waals surface area (Å²) >= 11 is 3.37. The van der Waals surface area contributed by atoms with Gasteiger partial charge in [0, 0.05) is 37.2 Å². The van der Waals surface area contributed by atoms with Crippen molar-refractivity contribution in [3.63, 3.8) is 0 Å². The molecule has 0 saturated carbocycles. The van der Waals surface area contributed by atoms with Crippen molar-refractivity contribution in [3.8, 4) is 0 Å². The predicted octanol–water partition coefficient (Wildman–Crippen LogP) is 3.26. The third kappa shape index (κ3) is 3.88. The van der Waals surface area contributed by atoms with Crippen LogP contribution < -0.4 is 0 Å². The molecule has 3 rings (SSSR count). The van der Waals surface area contributed by atoms with Crippen molar-refractivity contribution < 1.29 is 8.42 Å². The molecule has 128 valence electrons. The van der Waals surface area contributed by atoms with Crippen molar-refractivity contribution in [2.75, 3.05) is 26.2 Å². The predicted molar refractivity (Wildman–Crippen MR) is 99.4 cm³/mol. The summed E-state index contributed by atoms with van der Waals surface area (Å²) in [7, 11) is -3.43. The first-order valence-electron chi connectivity index (χ1n) is 7.99. The number of piperazine rings is 1. The molecule has 2 aromatic rings. The van der Waals surface area contributed by atoms with Crippen LogP contribution in [0.25, 0.3) is 0 Å². The van der Waals surface area contributed by atoms with E-state index in [1.165, 1.54) is 5.56 Å².